The van der Waals surface area contributed by atoms with E-state index in [1.54, 1.807) is 25.1 Å². The first kappa shape index (κ1) is 28.0. The van der Waals surface area contributed by atoms with Crippen LogP contribution in [0.2, 0.25) is 0 Å². The minimum atomic E-state index is -0.935. The summed E-state index contributed by atoms with van der Waals surface area (Å²) in [5, 5.41) is 12.4. The maximum absolute atomic E-state index is 13.6. The van der Waals surface area contributed by atoms with Crippen LogP contribution in [0, 0.1) is 12.7 Å². The van der Waals surface area contributed by atoms with Gasteiger partial charge in [-0.2, -0.15) is 0 Å². The minimum Gasteiger partial charge on any atom is -0.478 e. The number of carboxylic acids is 1. The van der Waals surface area contributed by atoms with Gasteiger partial charge in [0.05, 0.1) is 31.0 Å². The van der Waals surface area contributed by atoms with Gasteiger partial charge in [-0.1, -0.05) is 43.5 Å². The lowest BCUT2D eigenvalue weighted by Crippen LogP contribution is -2.46. The molecule has 7 nitrogen and oxygen atoms in total. The number of hydrogen-bond donors (Lipinski definition) is 2. The Morgan fingerprint density at radius 1 is 1.00 bits per heavy atom. The van der Waals surface area contributed by atoms with E-state index in [1.165, 1.54) is 18.6 Å². The number of urea groups is 1. The molecule has 8 heteroatoms. The molecular weight excluding hydrogens is 487 g/mol. The molecule has 4 rings (SSSR count). The van der Waals surface area contributed by atoms with Gasteiger partial charge in [0.15, 0.2) is 0 Å². The van der Waals surface area contributed by atoms with E-state index < -0.39 is 5.97 Å². The monoisotopic (exact) mass is 526 g/mol. The number of anilines is 1. The van der Waals surface area contributed by atoms with Crippen molar-refractivity contribution in [1.29, 1.82) is 0 Å². The molecule has 0 saturated heterocycles. The van der Waals surface area contributed by atoms with Gasteiger partial charge in [0.2, 0.25) is 0 Å². The van der Waals surface area contributed by atoms with Crippen molar-refractivity contribution < 1.29 is 28.6 Å². The first-order valence-corrected chi connectivity index (χ1v) is 13.8. The molecule has 2 N–H and O–H groups in total. The Hall–Kier alpha value is -2.97. The number of halogens is 1. The van der Waals surface area contributed by atoms with Crippen LogP contribution in [0.15, 0.2) is 42.5 Å². The quantitative estimate of drug-likeness (QED) is 0.367. The molecule has 0 aliphatic heterocycles. The van der Waals surface area contributed by atoms with Crippen LogP contribution in [0.4, 0.5) is 14.9 Å². The lowest BCUT2D eigenvalue weighted by molar-refractivity contribution is -0.0535. The molecule has 0 aromatic heterocycles. The number of carboxylic acid groups (broad SMARTS) is 1. The third-order valence-corrected chi connectivity index (χ3v) is 7.66. The summed E-state index contributed by atoms with van der Waals surface area (Å²) >= 11 is 0. The highest BCUT2D eigenvalue weighted by Crippen LogP contribution is 2.27. The smallest absolute Gasteiger partial charge is 0.336 e. The van der Waals surface area contributed by atoms with Gasteiger partial charge in [-0.15, -0.1) is 0 Å². The average Bonchev–Trinajstić information content (AvgIpc) is 2.90. The van der Waals surface area contributed by atoms with Crippen LogP contribution in [-0.2, 0) is 16.1 Å². The SMILES string of the molecule is Cc1cccc(CO[C@H]2CCC[C@@H](OCCN(C(=O)Nc3cccc(F)c3)C3CCCCC3)C2)c1C(=O)O. The number of aryl methyl sites for hydroxylation is 1. The van der Waals surface area contributed by atoms with Gasteiger partial charge in [0.25, 0.3) is 0 Å². The lowest BCUT2D eigenvalue weighted by atomic mass is 9.94. The number of carbonyl (C=O) groups excluding carboxylic acids is 1. The Balaban J connectivity index is 1.29. The number of nitrogens with zero attached hydrogens (tertiary/aromatic N) is 1. The topological polar surface area (TPSA) is 88.1 Å². The van der Waals surface area contributed by atoms with Crippen LogP contribution >= 0.6 is 0 Å². The molecule has 206 valence electrons. The summed E-state index contributed by atoms with van der Waals surface area (Å²) in [5.74, 6) is -1.32. The van der Waals surface area contributed by atoms with Gasteiger partial charge in [-0.05, 0) is 74.8 Å². The van der Waals surface area contributed by atoms with Gasteiger partial charge in [-0.3, -0.25) is 0 Å². The number of rotatable bonds is 10. The maximum Gasteiger partial charge on any atom is 0.336 e. The molecule has 0 unspecified atom stereocenters. The van der Waals surface area contributed by atoms with Crippen LogP contribution in [0.5, 0.6) is 0 Å². The van der Waals surface area contributed by atoms with E-state index in [4.69, 9.17) is 9.47 Å². The highest BCUT2D eigenvalue weighted by Gasteiger charge is 2.27. The van der Waals surface area contributed by atoms with E-state index in [0.29, 0.717) is 30.0 Å². The third kappa shape index (κ3) is 7.77. The van der Waals surface area contributed by atoms with Crippen molar-refractivity contribution in [1.82, 2.24) is 4.90 Å². The number of ether oxygens (including phenoxy) is 2. The molecule has 2 saturated carbocycles. The lowest BCUT2D eigenvalue weighted by Gasteiger charge is -2.35. The molecule has 2 aliphatic carbocycles. The van der Waals surface area contributed by atoms with Crippen molar-refractivity contribution >= 4 is 17.7 Å². The van der Waals surface area contributed by atoms with Crippen molar-refractivity contribution in [2.75, 3.05) is 18.5 Å². The molecule has 0 radical (unpaired) electrons. The van der Waals surface area contributed by atoms with Crippen molar-refractivity contribution in [3.63, 3.8) is 0 Å². The zero-order valence-corrected chi connectivity index (χ0v) is 22.2. The summed E-state index contributed by atoms with van der Waals surface area (Å²) in [4.78, 5) is 26.7. The molecule has 2 fully saturated rings. The van der Waals surface area contributed by atoms with Crippen molar-refractivity contribution in [3.05, 3.63) is 65.0 Å². The predicted molar refractivity (Wildman–Crippen MR) is 144 cm³/mol. The Labute approximate surface area is 224 Å². The Morgan fingerprint density at radius 3 is 2.47 bits per heavy atom. The standard InChI is InChI=1S/C30H39FN2O5/c1-21-8-5-9-22(28(21)29(34)35)20-38-27-15-7-14-26(19-27)37-17-16-33(25-12-3-2-4-13-25)30(36)32-24-11-6-10-23(31)18-24/h5-6,8-11,18,25-27H,2-4,7,12-17,19-20H2,1H3,(H,32,36)(H,34,35)/t26-,27+/m1/s1. The number of carbonyl (C=O) groups is 2. The van der Waals surface area contributed by atoms with Gasteiger partial charge in [0, 0.05) is 18.3 Å². The second-order valence-electron chi connectivity index (χ2n) is 10.4. The number of benzene rings is 2. The molecule has 2 atom stereocenters. The summed E-state index contributed by atoms with van der Waals surface area (Å²) in [5.41, 5.74) is 2.18. The Kier molecular flexibility index (Phi) is 10.1. The fourth-order valence-electron chi connectivity index (χ4n) is 5.69. The second-order valence-corrected chi connectivity index (χ2v) is 10.4. The molecule has 38 heavy (non-hydrogen) atoms. The molecule has 0 spiro atoms. The van der Waals surface area contributed by atoms with Crippen LogP contribution < -0.4 is 5.32 Å². The molecule has 2 aromatic carbocycles. The third-order valence-electron chi connectivity index (χ3n) is 7.66. The molecule has 0 bridgehead atoms. The fraction of sp³-hybridized carbons (Fsp3) is 0.533. The van der Waals surface area contributed by atoms with Crippen LogP contribution in [0.1, 0.15) is 79.3 Å². The second kappa shape index (κ2) is 13.7. The van der Waals surface area contributed by atoms with Gasteiger partial charge in [-0.25, -0.2) is 14.0 Å². The first-order valence-electron chi connectivity index (χ1n) is 13.8. The predicted octanol–water partition coefficient (Wildman–Crippen LogP) is 6.54. The molecule has 2 amide bonds. The zero-order chi connectivity index (χ0) is 26.9. The van der Waals surface area contributed by atoms with Crippen LogP contribution in [0.3, 0.4) is 0 Å². The average molecular weight is 527 g/mol. The fourth-order valence-corrected chi connectivity index (χ4v) is 5.69. The number of hydrogen-bond acceptors (Lipinski definition) is 4. The van der Waals surface area contributed by atoms with E-state index in [9.17, 15) is 19.1 Å². The molecule has 2 aromatic rings. The summed E-state index contributed by atoms with van der Waals surface area (Å²) < 4.78 is 26.0. The summed E-state index contributed by atoms with van der Waals surface area (Å²) in [6, 6.07) is 11.4. The maximum atomic E-state index is 13.6. The van der Waals surface area contributed by atoms with Gasteiger partial charge in [0.1, 0.15) is 5.82 Å². The largest absolute Gasteiger partial charge is 0.478 e. The van der Waals surface area contributed by atoms with E-state index in [-0.39, 0.29) is 36.7 Å². The minimum absolute atomic E-state index is 0.00151. The van der Waals surface area contributed by atoms with Gasteiger partial charge < -0.3 is 24.8 Å². The normalized spacial score (nSPS) is 20.2. The summed E-state index contributed by atoms with van der Waals surface area (Å²) in [7, 11) is 0. The molecular formula is C30H39FN2O5. The Morgan fingerprint density at radius 2 is 1.74 bits per heavy atom. The summed E-state index contributed by atoms with van der Waals surface area (Å²) in [6.07, 6.45) is 8.91. The number of nitrogens with one attached hydrogen (secondary N) is 1. The first-order chi connectivity index (χ1) is 18.4. The van der Waals surface area contributed by atoms with Crippen molar-refractivity contribution in [2.24, 2.45) is 0 Å². The van der Waals surface area contributed by atoms with Crippen molar-refractivity contribution in [2.45, 2.75) is 89.6 Å². The van der Waals surface area contributed by atoms with E-state index >= 15 is 0 Å². The van der Waals surface area contributed by atoms with E-state index in [0.717, 1.165) is 56.9 Å². The number of aromatic carboxylic acids is 1. The highest BCUT2D eigenvalue weighted by atomic mass is 19.1. The number of amides is 2. The summed E-state index contributed by atoms with van der Waals surface area (Å²) in [6.45, 7) is 2.95. The molecule has 0 heterocycles. The zero-order valence-electron chi connectivity index (χ0n) is 22.2. The van der Waals surface area contributed by atoms with Gasteiger partial charge >= 0.3 is 12.0 Å². The van der Waals surface area contributed by atoms with Crippen molar-refractivity contribution in [3.8, 4) is 0 Å². The van der Waals surface area contributed by atoms with Crippen LogP contribution in [0.25, 0.3) is 0 Å². The van der Waals surface area contributed by atoms with Crippen LogP contribution in [-0.4, -0.2) is 53.4 Å². The Bertz CT molecular complexity index is 1090. The molecule has 2 aliphatic rings. The highest BCUT2D eigenvalue weighted by molar-refractivity contribution is 5.91. The van der Waals surface area contributed by atoms with E-state index in [2.05, 4.69) is 5.32 Å². The van der Waals surface area contributed by atoms with E-state index in [1.807, 2.05) is 17.0 Å².